The predicted octanol–water partition coefficient (Wildman–Crippen LogP) is 3.51. The molecule has 0 aromatic rings. The largest absolute Gasteiger partial charge is 0.314 e. The van der Waals surface area contributed by atoms with Crippen molar-refractivity contribution in [3.63, 3.8) is 0 Å². The van der Waals surface area contributed by atoms with Gasteiger partial charge in [0.2, 0.25) is 0 Å². The Morgan fingerprint density at radius 2 is 1.73 bits per heavy atom. The number of hydrogen-bond acceptors (Lipinski definition) is 1. The average Bonchev–Trinajstić information content (AvgIpc) is 3.03. The van der Waals surface area contributed by atoms with Crippen molar-refractivity contribution in [1.82, 2.24) is 5.32 Å². The molecule has 2 aliphatic carbocycles. The fraction of sp³-hybridized carbons (Fsp3) is 0.857. The summed E-state index contributed by atoms with van der Waals surface area (Å²) in [5.74, 6) is 1.84. The van der Waals surface area contributed by atoms with Crippen LogP contribution in [0.4, 0.5) is 0 Å². The molecule has 86 valence electrons. The van der Waals surface area contributed by atoms with Gasteiger partial charge in [-0.05, 0) is 50.5 Å². The molecular weight excluding hydrogens is 182 g/mol. The van der Waals surface area contributed by atoms with Gasteiger partial charge in [-0.1, -0.05) is 25.3 Å². The summed E-state index contributed by atoms with van der Waals surface area (Å²) in [6, 6.07) is 0.873. The molecule has 2 fully saturated rings. The highest BCUT2D eigenvalue weighted by Gasteiger charge is 2.26. The molecule has 0 amide bonds. The van der Waals surface area contributed by atoms with Crippen molar-refractivity contribution in [2.45, 2.75) is 57.4 Å². The first-order valence-electron chi connectivity index (χ1n) is 6.74. The van der Waals surface area contributed by atoms with Crippen molar-refractivity contribution in [3.05, 3.63) is 12.7 Å². The molecule has 1 N–H and O–H groups in total. The van der Waals surface area contributed by atoms with E-state index in [0.29, 0.717) is 0 Å². The normalized spacial score (nSPS) is 32.3. The number of hydrogen-bond donors (Lipinski definition) is 1. The average molecular weight is 207 g/mol. The van der Waals surface area contributed by atoms with Gasteiger partial charge in [-0.2, -0.15) is 0 Å². The third-order valence-electron chi connectivity index (χ3n) is 4.03. The van der Waals surface area contributed by atoms with E-state index in [9.17, 15) is 0 Å². The van der Waals surface area contributed by atoms with Crippen LogP contribution in [0.2, 0.25) is 0 Å². The molecule has 0 bridgehead atoms. The summed E-state index contributed by atoms with van der Waals surface area (Å²) in [7, 11) is 0. The third kappa shape index (κ3) is 3.64. The molecular formula is C14H25N. The van der Waals surface area contributed by atoms with E-state index in [4.69, 9.17) is 0 Å². The molecule has 0 aliphatic heterocycles. The van der Waals surface area contributed by atoms with Crippen LogP contribution in [0.3, 0.4) is 0 Å². The topological polar surface area (TPSA) is 12.0 Å². The maximum Gasteiger partial charge on any atom is 0.00683 e. The van der Waals surface area contributed by atoms with Crippen LogP contribution in [0.25, 0.3) is 0 Å². The van der Waals surface area contributed by atoms with Gasteiger partial charge in [-0.15, -0.1) is 6.58 Å². The van der Waals surface area contributed by atoms with Crippen molar-refractivity contribution < 1.29 is 0 Å². The molecule has 2 aliphatic rings. The van der Waals surface area contributed by atoms with E-state index in [1.165, 1.54) is 57.9 Å². The maximum atomic E-state index is 3.91. The highest BCUT2D eigenvalue weighted by atomic mass is 14.9. The number of nitrogens with one attached hydrogen (secondary N) is 1. The molecule has 0 aromatic carbocycles. The standard InChI is InChI=1S/C14H25N/c1-2-6-12-7-4-3-5-8-13(12)11-15-14-9-10-14/h2,12-15H,1,3-11H2. The second-order valence-electron chi connectivity index (χ2n) is 5.37. The second-order valence-corrected chi connectivity index (χ2v) is 5.37. The Morgan fingerprint density at radius 3 is 2.40 bits per heavy atom. The lowest BCUT2D eigenvalue weighted by Crippen LogP contribution is -2.29. The van der Waals surface area contributed by atoms with Gasteiger partial charge in [0.05, 0.1) is 0 Å². The molecule has 2 atom stereocenters. The molecule has 2 saturated carbocycles. The molecule has 15 heavy (non-hydrogen) atoms. The van der Waals surface area contributed by atoms with Crippen LogP contribution < -0.4 is 5.32 Å². The van der Waals surface area contributed by atoms with Crippen molar-refractivity contribution in [2.75, 3.05) is 6.54 Å². The summed E-state index contributed by atoms with van der Waals surface area (Å²) in [6.45, 7) is 5.17. The molecule has 0 heterocycles. The van der Waals surface area contributed by atoms with Crippen molar-refractivity contribution in [1.29, 1.82) is 0 Å². The summed E-state index contributed by atoms with van der Waals surface area (Å²) in [5.41, 5.74) is 0. The van der Waals surface area contributed by atoms with E-state index in [1.807, 2.05) is 0 Å². The first-order chi connectivity index (χ1) is 7.40. The van der Waals surface area contributed by atoms with Gasteiger partial charge in [0.15, 0.2) is 0 Å². The lowest BCUT2D eigenvalue weighted by Gasteiger charge is -2.24. The molecule has 0 spiro atoms. The summed E-state index contributed by atoms with van der Waals surface area (Å²) in [5, 5.41) is 3.71. The van der Waals surface area contributed by atoms with Gasteiger partial charge in [-0.3, -0.25) is 0 Å². The summed E-state index contributed by atoms with van der Waals surface area (Å²) < 4.78 is 0. The number of allylic oxidation sites excluding steroid dienone is 1. The van der Waals surface area contributed by atoms with Crippen LogP contribution in [-0.2, 0) is 0 Å². The quantitative estimate of drug-likeness (QED) is 0.537. The maximum absolute atomic E-state index is 3.91. The highest BCUT2D eigenvalue weighted by Crippen LogP contribution is 2.31. The monoisotopic (exact) mass is 207 g/mol. The second kappa shape index (κ2) is 5.69. The smallest absolute Gasteiger partial charge is 0.00683 e. The van der Waals surface area contributed by atoms with Crippen LogP contribution in [0.5, 0.6) is 0 Å². The minimum absolute atomic E-state index is 0.873. The lowest BCUT2D eigenvalue weighted by molar-refractivity contribution is 0.301. The third-order valence-corrected chi connectivity index (χ3v) is 4.03. The van der Waals surface area contributed by atoms with Gasteiger partial charge in [0.25, 0.3) is 0 Å². The zero-order valence-electron chi connectivity index (χ0n) is 9.88. The Bertz CT molecular complexity index is 196. The van der Waals surface area contributed by atoms with Crippen LogP contribution in [0.15, 0.2) is 12.7 Å². The van der Waals surface area contributed by atoms with Gasteiger partial charge in [0, 0.05) is 6.04 Å². The van der Waals surface area contributed by atoms with E-state index in [0.717, 1.165) is 17.9 Å². The first-order valence-corrected chi connectivity index (χ1v) is 6.74. The SMILES string of the molecule is C=CCC1CCCCCC1CNC1CC1. The molecule has 2 unspecified atom stereocenters. The molecule has 2 rings (SSSR count). The highest BCUT2D eigenvalue weighted by molar-refractivity contribution is 4.86. The Labute approximate surface area is 94.3 Å². The Morgan fingerprint density at radius 1 is 1.00 bits per heavy atom. The summed E-state index contributed by atoms with van der Waals surface area (Å²) >= 11 is 0. The first kappa shape index (κ1) is 11.2. The fourth-order valence-electron chi connectivity index (χ4n) is 2.86. The molecule has 0 saturated heterocycles. The van der Waals surface area contributed by atoms with Crippen LogP contribution >= 0.6 is 0 Å². The zero-order valence-corrected chi connectivity index (χ0v) is 9.88. The minimum atomic E-state index is 0.873. The van der Waals surface area contributed by atoms with Crippen LogP contribution in [0.1, 0.15) is 51.4 Å². The Hall–Kier alpha value is -0.300. The lowest BCUT2D eigenvalue weighted by atomic mass is 9.85. The van der Waals surface area contributed by atoms with Crippen LogP contribution in [-0.4, -0.2) is 12.6 Å². The van der Waals surface area contributed by atoms with E-state index in [2.05, 4.69) is 18.0 Å². The summed E-state index contributed by atoms with van der Waals surface area (Å²) in [6.07, 6.45) is 13.4. The minimum Gasteiger partial charge on any atom is -0.314 e. The Kier molecular flexibility index (Phi) is 4.25. The van der Waals surface area contributed by atoms with Gasteiger partial charge >= 0.3 is 0 Å². The predicted molar refractivity (Wildman–Crippen MR) is 65.9 cm³/mol. The number of rotatable bonds is 5. The summed E-state index contributed by atoms with van der Waals surface area (Å²) in [4.78, 5) is 0. The molecule has 1 nitrogen and oxygen atoms in total. The van der Waals surface area contributed by atoms with Crippen molar-refractivity contribution in [2.24, 2.45) is 11.8 Å². The zero-order chi connectivity index (χ0) is 10.5. The van der Waals surface area contributed by atoms with Crippen molar-refractivity contribution in [3.8, 4) is 0 Å². The van der Waals surface area contributed by atoms with Crippen molar-refractivity contribution >= 4 is 0 Å². The molecule has 0 radical (unpaired) electrons. The van der Waals surface area contributed by atoms with Gasteiger partial charge < -0.3 is 5.32 Å². The van der Waals surface area contributed by atoms with E-state index >= 15 is 0 Å². The van der Waals surface area contributed by atoms with E-state index < -0.39 is 0 Å². The van der Waals surface area contributed by atoms with Gasteiger partial charge in [0.1, 0.15) is 0 Å². The van der Waals surface area contributed by atoms with E-state index in [1.54, 1.807) is 0 Å². The molecule has 0 aromatic heterocycles. The molecule has 1 heteroatoms. The fourth-order valence-corrected chi connectivity index (χ4v) is 2.86. The van der Waals surface area contributed by atoms with Crippen LogP contribution in [0, 0.1) is 11.8 Å². The van der Waals surface area contributed by atoms with Gasteiger partial charge in [-0.25, -0.2) is 0 Å². The van der Waals surface area contributed by atoms with E-state index in [-0.39, 0.29) is 0 Å². The Balaban J connectivity index is 1.80.